The van der Waals surface area contributed by atoms with Gasteiger partial charge in [0.05, 0.1) is 18.8 Å². The summed E-state index contributed by atoms with van der Waals surface area (Å²) in [5.41, 5.74) is 3.11. The van der Waals surface area contributed by atoms with Crippen molar-refractivity contribution >= 4 is 51.5 Å². The highest BCUT2D eigenvalue weighted by Crippen LogP contribution is 2.27. The SMILES string of the molecule is CCNC(=NCc1cn2cc(Br)ccc2n1)NCC1Cc2ccccc2O1.I. The first-order valence-corrected chi connectivity index (χ1v) is 9.90. The minimum Gasteiger partial charge on any atom is -0.488 e. The number of nitrogens with zero attached hydrogens (tertiary/aromatic N) is 3. The van der Waals surface area contributed by atoms with Crippen molar-refractivity contribution in [1.29, 1.82) is 0 Å². The second-order valence-electron chi connectivity index (χ2n) is 6.47. The van der Waals surface area contributed by atoms with Crippen LogP contribution >= 0.6 is 39.9 Å². The molecule has 0 spiro atoms. The van der Waals surface area contributed by atoms with E-state index in [2.05, 4.69) is 55.6 Å². The number of benzene rings is 1. The van der Waals surface area contributed by atoms with Gasteiger partial charge in [-0.3, -0.25) is 0 Å². The molecule has 2 aromatic heterocycles. The van der Waals surface area contributed by atoms with E-state index in [0.717, 1.165) is 40.5 Å². The Morgan fingerprint density at radius 1 is 1.25 bits per heavy atom. The monoisotopic (exact) mass is 555 g/mol. The van der Waals surface area contributed by atoms with Gasteiger partial charge in [0.1, 0.15) is 17.5 Å². The van der Waals surface area contributed by atoms with Gasteiger partial charge in [-0.25, -0.2) is 9.98 Å². The van der Waals surface area contributed by atoms with E-state index in [-0.39, 0.29) is 30.1 Å². The Bertz CT molecular complexity index is 949. The molecule has 1 aromatic carbocycles. The summed E-state index contributed by atoms with van der Waals surface area (Å²) in [6, 6.07) is 12.2. The first kappa shape index (κ1) is 20.9. The van der Waals surface area contributed by atoms with Crippen molar-refractivity contribution in [3.8, 4) is 5.75 Å². The lowest BCUT2D eigenvalue weighted by molar-refractivity contribution is 0.235. The maximum atomic E-state index is 5.98. The Balaban J connectivity index is 0.00000225. The van der Waals surface area contributed by atoms with E-state index in [4.69, 9.17) is 4.74 Å². The fourth-order valence-corrected chi connectivity index (χ4v) is 3.53. The topological polar surface area (TPSA) is 63.0 Å². The van der Waals surface area contributed by atoms with Crippen LogP contribution in [-0.4, -0.2) is 34.5 Å². The third-order valence-corrected chi connectivity index (χ3v) is 4.89. The normalized spacial score (nSPS) is 15.6. The van der Waals surface area contributed by atoms with Crippen LogP contribution < -0.4 is 15.4 Å². The Morgan fingerprint density at radius 2 is 2.11 bits per heavy atom. The number of rotatable bonds is 5. The van der Waals surface area contributed by atoms with Crippen molar-refractivity contribution in [3.63, 3.8) is 0 Å². The number of aromatic nitrogens is 2. The molecule has 148 valence electrons. The van der Waals surface area contributed by atoms with Crippen LogP contribution in [0.15, 0.2) is 58.3 Å². The van der Waals surface area contributed by atoms with Crippen LogP contribution in [0.5, 0.6) is 5.75 Å². The molecule has 4 rings (SSSR count). The molecule has 0 amide bonds. The van der Waals surface area contributed by atoms with Crippen LogP contribution in [0.1, 0.15) is 18.2 Å². The third kappa shape index (κ3) is 4.96. The zero-order valence-corrected chi connectivity index (χ0v) is 19.5. The van der Waals surface area contributed by atoms with Gasteiger partial charge in [0, 0.05) is 29.8 Å². The molecular weight excluding hydrogens is 533 g/mol. The lowest BCUT2D eigenvalue weighted by atomic mass is 10.1. The number of halogens is 2. The summed E-state index contributed by atoms with van der Waals surface area (Å²) >= 11 is 3.48. The van der Waals surface area contributed by atoms with E-state index in [9.17, 15) is 0 Å². The van der Waals surface area contributed by atoms with Crippen molar-refractivity contribution in [2.45, 2.75) is 26.0 Å². The van der Waals surface area contributed by atoms with Crippen molar-refractivity contribution < 1.29 is 4.74 Å². The first-order valence-electron chi connectivity index (χ1n) is 9.11. The molecule has 0 saturated heterocycles. The first-order chi connectivity index (χ1) is 13.2. The van der Waals surface area contributed by atoms with Crippen molar-refractivity contribution in [1.82, 2.24) is 20.0 Å². The van der Waals surface area contributed by atoms with E-state index in [1.165, 1.54) is 5.56 Å². The maximum absolute atomic E-state index is 5.98. The number of nitrogens with one attached hydrogen (secondary N) is 2. The molecule has 0 bridgehead atoms. The van der Waals surface area contributed by atoms with E-state index in [1.54, 1.807) is 0 Å². The maximum Gasteiger partial charge on any atom is 0.191 e. The van der Waals surface area contributed by atoms with Crippen LogP contribution in [0.4, 0.5) is 0 Å². The highest BCUT2D eigenvalue weighted by molar-refractivity contribution is 14.0. The average molecular weight is 556 g/mol. The van der Waals surface area contributed by atoms with Crippen molar-refractivity contribution in [3.05, 3.63) is 64.5 Å². The Labute approximate surface area is 189 Å². The van der Waals surface area contributed by atoms with Crippen LogP contribution in [-0.2, 0) is 13.0 Å². The quantitative estimate of drug-likeness (QED) is 0.286. The fraction of sp³-hybridized carbons (Fsp3) is 0.300. The summed E-state index contributed by atoms with van der Waals surface area (Å²) in [5, 5.41) is 6.66. The molecular formula is C20H23BrIN5O. The van der Waals surface area contributed by atoms with Gasteiger partial charge in [-0.15, -0.1) is 24.0 Å². The molecule has 0 aliphatic carbocycles. The molecule has 8 heteroatoms. The molecule has 0 radical (unpaired) electrons. The predicted octanol–water partition coefficient (Wildman–Crippen LogP) is 3.77. The molecule has 1 unspecified atom stereocenters. The second kappa shape index (κ2) is 9.60. The summed E-state index contributed by atoms with van der Waals surface area (Å²) in [5.74, 6) is 1.76. The van der Waals surface area contributed by atoms with Gasteiger partial charge in [0.15, 0.2) is 5.96 Å². The molecule has 2 N–H and O–H groups in total. The van der Waals surface area contributed by atoms with E-state index < -0.39 is 0 Å². The Hall–Kier alpha value is -1.81. The summed E-state index contributed by atoms with van der Waals surface area (Å²) in [6.45, 7) is 4.08. The summed E-state index contributed by atoms with van der Waals surface area (Å²) in [6.07, 6.45) is 5.04. The molecule has 1 atom stereocenters. The van der Waals surface area contributed by atoms with Gasteiger partial charge in [0.25, 0.3) is 0 Å². The van der Waals surface area contributed by atoms with Crippen LogP contribution in [0.3, 0.4) is 0 Å². The molecule has 3 aromatic rings. The minimum atomic E-state index is 0. The van der Waals surface area contributed by atoms with Crippen molar-refractivity contribution in [2.75, 3.05) is 13.1 Å². The van der Waals surface area contributed by atoms with Gasteiger partial charge in [-0.05, 0) is 46.6 Å². The minimum absolute atomic E-state index is 0. The van der Waals surface area contributed by atoms with Crippen LogP contribution in [0, 0.1) is 0 Å². The third-order valence-electron chi connectivity index (χ3n) is 4.42. The number of ether oxygens (including phenoxy) is 1. The molecule has 0 fully saturated rings. The number of imidazole rings is 1. The lowest BCUT2D eigenvalue weighted by Crippen LogP contribution is -2.42. The molecule has 3 heterocycles. The number of aliphatic imine (C=N–C) groups is 1. The zero-order chi connectivity index (χ0) is 18.6. The summed E-state index contributed by atoms with van der Waals surface area (Å²) < 4.78 is 9.01. The molecule has 1 aliphatic rings. The van der Waals surface area contributed by atoms with Gasteiger partial charge >= 0.3 is 0 Å². The van der Waals surface area contributed by atoms with Gasteiger partial charge in [-0.2, -0.15) is 0 Å². The number of hydrogen-bond acceptors (Lipinski definition) is 3. The Kier molecular flexibility index (Phi) is 7.17. The largest absolute Gasteiger partial charge is 0.488 e. The lowest BCUT2D eigenvalue weighted by Gasteiger charge is -2.15. The average Bonchev–Trinajstić information content (AvgIpc) is 3.26. The van der Waals surface area contributed by atoms with Crippen molar-refractivity contribution in [2.24, 2.45) is 4.99 Å². The van der Waals surface area contributed by atoms with Crippen LogP contribution in [0.25, 0.3) is 5.65 Å². The molecule has 6 nitrogen and oxygen atoms in total. The second-order valence-corrected chi connectivity index (χ2v) is 7.39. The van der Waals surface area contributed by atoms with Gasteiger partial charge < -0.3 is 19.8 Å². The summed E-state index contributed by atoms with van der Waals surface area (Å²) in [7, 11) is 0. The number of fused-ring (bicyclic) bond motifs is 2. The number of pyridine rings is 1. The molecule has 0 saturated carbocycles. The number of hydrogen-bond donors (Lipinski definition) is 2. The van der Waals surface area contributed by atoms with Gasteiger partial charge in [0.2, 0.25) is 0 Å². The highest BCUT2D eigenvalue weighted by Gasteiger charge is 2.22. The zero-order valence-electron chi connectivity index (χ0n) is 15.6. The number of guanidine groups is 1. The summed E-state index contributed by atoms with van der Waals surface area (Å²) in [4.78, 5) is 9.27. The number of para-hydroxylation sites is 1. The van der Waals surface area contributed by atoms with E-state index >= 15 is 0 Å². The molecule has 28 heavy (non-hydrogen) atoms. The van der Waals surface area contributed by atoms with E-state index in [1.807, 2.05) is 41.1 Å². The fourth-order valence-electron chi connectivity index (χ4n) is 3.17. The Morgan fingerprint density at radius 3 is 2.93 bits per heavy atom. The predicted molar refractivity (Wildman–Crippen MR) is 126 cm³/mol. The van der Waals surface area contributed by atoms with E-state index in [0.29, 0.717) is 13.1 Å². The smallest absolute Gasteiger partial charge is 0.191 e. The van der Waals surface area contributed by atoms with Crippen LogP contribution in [0.2, 0.25) is 0 Å². The van der Waals surface area contributed by atoms with Gasteiger partial charge in [-0.1, -0.05) is 18.2 Å². The molecule has 1 aliphatic heterocycles. The standard InChI is InChI=1S/C20H22BrN5O.HI/c1-2-22-20(24-11-17-9-14-5-3-4-6-18(14)27-17)23-10-16-13-26-12-15(21)7-8-19(26)25-16;/h3-8,12-13,17H,2,9-11H2,1H3,(H2,22,23,24);1H. The highest BCUT2D eigenvalue weighted by atomic mass is 127.